The summed E-state index contributed by atoms with van der Waals surface area (Å²) in [5.74, 6) is 4.77. The quantitative estimate of drug-likeness (QED) is 0.180. The molecule has 0 bridgehead atoms. The van der Waals surface area contributed by atoms with Gasteiger partial charge in [0.05, 0.1) is 19.8 Å². The van der Waals surface area contributed by atoms with Gasteiger partial charge in [0.25, 0.3) is 0 Å². The molecule has 6 heteroatoms. The van der Waals surface area contributed by atoms with Crippen molar-refractivity contribution >= 4 is 0 Å². The zero-order chi connectivity index (χ0) is 37.7. The Kier molecular flexibility index (Phi) is 15.9. The SMILES string of the molecule is CCON1C(C(C)C)CC(c2cc(C3CC(C(C)C)N(OCC)C(C(C)C)C3)cc(C3CC(C(C)C)N(OCC)C(C(C)C)C3)c2)CC1C(C)C. The second-order valence-electron chi connectivity index (χ2n) is 18.6. The Hall–Kier alpha value is -1.02. The highest BCUT2D eigenvalue weighted by Crippen LogP contribution is 2.47. The van der Waals surface area contributed by atoms with Gasteiger partial charge in [-0.2, -0.15) is 15.2 Å². The van der Waals surface area contributed by atoms with Crippen molar-refractivity contribution in [2.45, 2.75) is 196 Å². The summed E-state index contributed by atoms with van der Waals surface area (Å²) in [6.45, 7) is 37.4. The Balaban J connectivity index is 1.85. The van der Waals surface area contributed by atoms with Crippen LogP contribution in [0.2, 0.25) is 0 Å². The van der Waals surface area contributed by atoms with Gasteiger partial charge >= 0.3 is 0 Å². The van der Waals surface area contributed by atoms with Gasteiger partial charge in [0, 0.05) is 36.3 Å². The van der Waals surface area contributed by atoms with Gasteiger partial charge in [0.1, 0.15) is 0 Å². The minimum atomic E-state index is 0.415. The monoisotopic (exact) mass is 712 g/mol. The van der Waals surface area contributed by atoms with Gasteiger partial charge in [0.2, 0.25) is 0 Å². The van der Waals surface area contributed by atoms with Crippen LogP contribution in [0.25, 0.3) is 0 Å². The Morgan fingerprint density at radius 1 is 0.392 bits per heavy atom. The predicted molar refractivity (Wildman–Crippen MR) is 215 cm³/mol. The van der Waals surface area contributed by atoms with E-state index in [2.05, 4.69) is 137 Å². The second kappa shape index (κ2) is 19.0. The van der Waals surface area contributed by atoms with Crippen LogP contribution in [0.4, 0.5) is 0 Å². The molecule has 0 aliphatic carbocycles. The predicted octanol–water partition coefficient (Wildman–Crippen LogP) is 11.2. The van der Waals surface area contributed by atoms with Crippen molar-refractivity contribution in [1.29, 1.82) is 0 Å². The lowest BCUT2D eigenvalue weighted by atomic mass is 9.71. The van der Waals surface area contributed by atoms with Gasteiger partial charge in [-0.3, -0.25) is 14.5 Å². The largest absolute Gasteiger partial charge is 0.299 e. The number of nitrogens with zero attached hydrogens (tertiary/aromatic N) is 3. The highest BCUT2D eigenvalue weighted by Gasteiger charge is 2.44. The zero-order valence-electron chi connectivity index (χ0n) is 35.8. The Bertz CT molecular complexity index is 974. The first-order valence-electron chi connectivity index (χ1n) is 21.5. The minimum absolute atomic E-state index is 0.415. The molecule has 3 heterocycles. The van der Waals surface area contributed by atoms with E-state index < -0.39 is 0 Å². The lowest BCUT2D eigenvalue weighted by Gasteiger charge is -2.49. The molecular weight excluding hydrogens is 631 g/mol. The average Bonchev–Trinajstić information content (AvgIpc) is 3.07. The van der Waals surface area contributed by atoms with E-state index in [0.29, 0.717) is 89.5 Å². The molecule has 0 amide bonds. The zero-order valence-corrected chi connectivity index (χ0v) is 35.8. The summed E-state index contributed by atoms with van der Waals surface area (Å²) in [6.07, 6.45) is 6.93. The Labute approximate surface area is 315 Å². The fourth-order valence-corrected chi connectivity index (χ4v) is 10.0. The van der Waals surface area contributed by atoms with Crippen LogP contribution in [0.3, 0.4) is 0 Å². The van der Waals surface area contributed by atoms with Crippen molar-refractivity contribution in [3.8, 4) is 0 Å². The van der Waals surface area contributed by atoms with Gasteiger partial charge in [-0.15, -0.1) is 0 Å². The molecule has 3 aliphatic heterocycles. The summed E-state index contributed by atoms with van der Waals surface area (Å²) in [5.41, 5.74) is 4.75. The van der Waals surface area contributed by atoms with E-state index in [1.807, 2.05) is 0 Å². The smallest absolute Gasteiger partial charge is 0.0657 e. The molecule has 6 atom stereocenters. The maximum Gasteiger partial charge on any atom is 0.0657 e. The van der Waals surface area contributed by atoms with Gasteiger partial charge in [0.15, 0.2) is 0 Å². The molecule has 4 rings (SSSR count). The van der Waals surface area contributed by atoms with Gasteiger partial charge in [-0.25, -0.2) is 0 Å². The van der Waals surface area contributed by atoms with Crippen molar-refractivity contribution in [2.24, 2.45) is 35.5 Å². The third-order valence-electron chi connectivity index (χ3n) is 13.0. The molecule has 3 saturated heterocycles. The molecule has 0 saturated carbocycles. The summed E-state index contributed by atoms with van der Waals surface area (Å²) in [5, 5.41) is 7.26. The van der Waals surface area contributed by atoms with E-state index in [1.54, 1.807) is 16.7 Å². The van der Waals surface area contributed by atoms with Crippen LogP contribution < -0.4 is 0 Å². The molecule has 6 nitrogen and oxygen atoms in total. The molecule has 0 spiro atoms. The first-order valence-corrected chi connectivity index (χ1v) is 21.5. The lowest BCUT2D eigenvalue weighted by Crippen LogP contribution is -2.53. The third kappa shape index (κ3) is 10.00. The number of benzene rings is 1. The van der Waals surface area contributed by atoms with Crippen LogP contribution in [-0.2, 0) is 14.5 Å². The number of piperidine rings is 3. The molecule has 51 heavy (non-hydrogen) atoms. The highest BCUT2D eigenvalue weighted by molar-refractivity contribution is 5.38. The van der Waals surface area contributed by atoms with Gasteiger partial charge in [-0.1, -0.05) is 101 Å². The fraction of sp³-hybridized carbons (Fsp3) is 0.867. The van der Waals surface area contributed by atoms with E-state index in [4.69, 9.17) is 14.5 Å². The van der Waals surface area contributed by atoms with Crippen molar-refractivity contribution in [1.82, 2.24) is 15.2 Å². The van der Waals surface area contributed by atoms with Crippen LogP contribution in [-0.4, -0.2) is 71.3 Å². The van der Waals surface area contributed by atoms with E-state index in [-0.39, 0.29) is 0 Å². The maximum absolute atomic E-state index is 6.45. The minimum Gasteiger partial charge on any atom is -0.299 e. The summed E-state index contributed by atoms with van der Waals surface area (Å²) in [4.78, 5) is 19.3. The first kappa shape index (κ1) is 42.7. The molecule has 1 aromatic rings. The van der Waals surface area contributed by atoms with Crippen molar-refractivity contribution in [2.75, 3.05) is 19.8 Å². The summed E-state index contributed by atoms with van der Waals surface area (Å²) < 4.78 is 0. The van der Waals surface area contributed by atoms with Gasteiger partial charge < -0.3 is 0 Å². The topological polar surface area (TPSA) is 37.4 Å². The van der Waals surface area contributed by atoms with Crippen LogP contribution in [0.5, 0.6) is 0 Å². The highest BCUT2D eigenvalue weighted by atomic mass is 16.7. The number of hydroxylamine groups is 6. The molecule has 294 valence electrons. The second-order valence-corrected chi connectivity index (χ2v) is 18.6. The lowest BCUT2D eigenvalue weighted by molar-refractivity contribution is -0.242. The Morgan fingerprint density at radius 3 is 0.706 bits per heavy atom. The van der Waals surface area contributed by atoms with Crippen LogP contribution in [0.1, 0.15) is 177 Å². The van der Waals surface area contributed by atoms with Crippen molar-refractivity contribution < 1.29 is 14.5 Å². The average molecular weight is 712 g/mol. The number of hydrogen-bond acceptors (Lipinski definition) is 6. The van der Waals surface area contributed by atoms with E-state index in [1.165, 1.54) is 0 Å². The summed E-state index contributed by atoms with van der Waals surface area (Å²) >= 11 is 0. The van der Waals surface area contributed by atoms with Crippen molar-refractivity contribution in [3.63, 3.8) is 0 Å². The van der Waals surface area contributed by atoms with Crippen LogP contribution >= 0.6 is 0 Å². The molecule has 3 fully saturated rings. The molecule has 0 N–H and O–H groups in total. The maximum atomic E-state index is 6.45. The molecule has 3 aliphatic rings. The van der Waals surface area contributed by atoms with Gasteiger partial charge in [-0.05, 0) is 129 Å². The van der Waals surface area contributed by atoms with Crippen molar-refractivity contribution in [3.05, 3.63) is 34.9 Å². The third-order valence-corrected chi connectivity index (χ3v) is 13.0. The fourth-order valence-electron chi connectivity index (χ4n) is 10.0. The number of hydrogen-bond donors (Lipinski definition) is 0. The molecule has 1 aromatic carbocycles. The van der Waals surface area contributed by atoms with Crippen LogP contribution in [0, 0.1) is 35.5 Å². The van der Waals surface area contributed by atoms with Crippen LogP contribution in [0.15, 0.2) is 18.2 Å². The number of rotatable bonds is 15. The molecule has 6 unspecified atom stereocenters. The molecule has 0 radical (unpaired) electrons. The normalized spacial score (nSPS) is 32.1. The molecule has 0 aromatic heterocycles. The van der Waals surface area contributed by atoms with E-state index in [9.17, 15) is 0 Å². The first-order chi connectivity index (χ1) is 24.1. The standard InChI is InChI=1S/C45H81N3O3/c1-16-49-46-40(28(4)5)22-37(23-41(46)29(6)7)34-19-35(38-24-42(30(8)9)47(50-17-2)43(25-38)31(10)11)21-36(20-34)39-26-44(32(12)13)48(51-18-3)45(27-39)33(14)15/h19-21,28-33,37-45H,16-18,22-27H2,1-15H3. The Morgan fingerprint density at radius 2 is 0.569 bits per heavy atom. The summed E-state index contributed by atoms with van der Waals surface area (Å²) in [7, 11) is 0. The molecular formula is C45H81N3O3. The summed E-state index contributed by atoms with van der Waals surface area (Å²) in [6, 6.07) is 10.5. The van der Waals surface area contributed by atoms with E-state index in [0.717, 1.165) is 58.3 Å². The van der Waals surface area contributed by atoms with E-state index >= 15 is 0 Å².